The fourth-order valence-electron chi connectivity index (χ4n) is 12.5. The van der Waals surface area contributed by atoms with Gasteiger partial charge in [0.1, 0.15) is 63.0 Å². The molecule has 3 fully saturated rings. The summed E-state index contributed by atoms with van der Waals surface area (Å²) in [4.78, 5) is 113. The van der Waals surface area contributed by atoms with Gasteiger partial charge < -0.3 is 91.1 Å². The molecule has 9 rings (SSSR count). The third-order valence-electron chi connectivity index (χ3n) is 17.6. The highest BCUT2D eigenvalue weighted by Gasteiger charge is 2.50. The van der Waals surface area contributed by atoms with Gasteiger partial charge in [-0.05, 0) is 97.8 Å². The second kappa shape index (κ2) is 35.3. The first kappa shape index (κ1) is 76.6. The minimum atomic E-state index is -1.70. The molecular weight excluding hydrogens is 1330 g/mol. The van der Waals surface area contributed by atoms with Gasteiger partial charge in [0.05, 0.1) is 93.5 Å². The first-order valence-electron chi connectivity index (χ1n) is 33.3. The normalized spacial score (nSPS) is 21.3. The highest BCUT2D eigenvalue weighted by atomic mass is 16.7. The van der Waals surface area contributed by atoms with Gasteiger partial charge in [-0.15, -0.1) is 0 Å². The van der Waals surface area contributed by atoms with Crippen molar-refractivity contribution >= 4 is 59.1 Å². The molecule has 29 heteroatoms. The number of nitrogens with zero attached hydrogens (tertiary/aromatic N) is 4. The van der Waals surface area contributed by atoms with Crippen LogP contribution in [-0.4, -0.2) is 211 Å². The second-order valence-electron chi connectivity index (χ2n) is 25.0. The fourth-order valence-corrected chi connectivity index (χ4v) is 12.5. The molecule has 2 unspecified atom stereocenters. The Morgan fingerprint density at radius 3 is 1.78 bits per heavy atom. The molecule has 5 heterocycles. The van der Waals surface area contributed by atoms with E-state index in [0.717, 1.165) is 9.80 Å². The third-order valence-corrected chi connectivity index (χ3v) is 17.6. The van der Waals surface area contributed by atoms with Crippen LogP contribution in [0.15, 0.2) is 97.6 Å². The van der Waals surface area contributed by atoms with Gasteiger partial charge in [-0.3, -0.25) is 24.0 Å². The van der Waals surface area contributed by atoms with E-state index in [2.05, 4.69) is 24.5 Å². The topological polar surface area (TPSA) is 328 Å². The second-order valence-corrected chi connectivity index (χ2v) is 25.0. The van der Waals surface area contributed by atoms with Crippen LogP contribution in [0.4, 0.5) is 21.0 Å². The minimum absolute atomic E-state index is 0.00301. The first-order chi connectivity index (χ1) is 48.9. The number of aryl methyl sites for hydroxylation is 1. The number of Topliss-reactive ketones (excluding diaryl/α,β-unsaturated/α-hetero) is 1. The summed E-state index contributed by atoms with van der Waals surface area (Å²) in [6, 6.07) is 13.8. The summed E-state index contributed by atoms with van der Waals surface area (Å²) in [6.07, 6.45) is -7.23. The van der Waals surface area contributed by atoms with Gasteiger partial charge in [0.2, 0.25) is 12.4 Å². The van der Waals surface area contributed by atoms with E-state index in [1.165, 1.54) is 87.5 Å². The Balaban J connectivity index is 0.987. The Kier molecular flexibility index (Phi) is 26.5. The number of aliphatic hydroxyl groups excluding tert-OH is 2. The van der Waals surface area contributed by atoms with Crippen LogP contribution in [0.5, 0.6) is 28.7 Å². The number of ether oxygens (including phenoxy) is 15. The molecule has 0 aromatic heterocycles. The van der Waals surface area contributed by atoms with Gasteiger partial charge in [0, 0.05) is 65.1 Å². The number of carbonyl (C=O) groups excluding carboxylic acids is 8. The number of hydrogen-bond donors (Lipinski definition) is 2. The average Bonchev–Trinajstić information content (AvgIpc) is 1.59. The van der Waals surface area contributed by atoms with Crippen molar-refractivity contribution in [2.75, 3.05) is 104 Å². The molecule has 0 radical (unpaired) electrons. The number of amides is 4. The van der Waals surface area contributed by atoms with Crippen LogP contribution in [0.1, 0.15) is 107 Å². The van der Waals surface area contributed by atoms with Gasteiger partial charge in [-0.25, -0.2) is 24.2 Å². The lowest BCUT2D eigenvalue weighted by Crippen LogP contribution is -2.57. The third kappa shape index (κ3) is 18.5. The number of rotatable bonds is 32. The molecule has 3 saturated heterocycles. The Morgan fingerprint density at radius 1 is 0.627 bits per heavy atom. The van der Waals surface area contributed by atoms with E-state index in [-0.39, 0.29) is 162 Å². The van der Waals surface area contributed by atoms with Crippen molar-refractivity contribution in [3.05, 3.63) is 137 Å². The summed E-state index contributed by atoms with van der Waals surface area (Å²) < 4.78 is 86.7. The summed E-state index contributed by atoms with van der Waals surface area (Å²) >= 11 is 0. The summed E-state index contributed by atoms with van der Waals surface area (Å²) in [5.74, 6) is -2.86. The van der Waals surface area contributed by atoms with E-state index in [0.29, 0.717) is 45.6 Å². The van der Waals surface area contributed by atoms with Crippen molar-refractivity contribution < 1.29 is 120 Å². The van der Waals surface area contributed by atoms with E-state index < -0.39 is 104 Å². The maximum atomic E-state index is 14.9. The van der Waals surface area contributed by atoms with Gasteiger partial charge in [0.15, 0.2) is 29.7 Å². The van der Waals surface area contributed by atoms with Crippen molar-refractivity contribution in [2.45, 2.75) is 129 Å². The molecule has 5 aliphatic rings. The van der Waals surface area contributed by atoms with Crippen LogP contribution in [0, 0.1) is 12.8 Å². The van der Waals surface area contributed by atoms with Crippen LogP contribution >= 0.6 is 0 Å². The number of fused-ring (bicyclic) bond motifs is 4. The summed E-state index contributed by atoms with van der Waals surface area (Å²) in [6.45, 7) is 19.8. The van der Waals surface area contributed by atoms with Gasteiger partial charge >= 0.3 is 30.1 Å². The quantitative estimate of drug-likeness (QED) is 0.0157. The van der Waals surface area contributed by atoms with Crippen molar-refractivity contribution in [3.8, 4) is 28.7 Å². The molecule has 29 nitrogen and oxygen atoms in total. The zero-order valence-electron chi connectivity index (χ0n) is 58.5. The Morgan fingerprint density at radius 2 is 1.20 bits per heavy atom. The first-order valence-corrected chi connectivity index (χ1v) is 33.3. The maximum Gasteiger partial charge on any atom is 0.416 e. The predicted octanol–water partition coefficient (Wildman–Crippen LogP) is 7.47. The van der Waals surface area contributed by atoms with E-state index in [1.807, 2.05) is 0 Å². The largest absolute Gasteiger partial charge is 0.493 e. The molecule has 0 aliphatic carbocycles. The van der Waals surface area contributed by atoms with Gasteiger partial charge in [-0.1, -0.05) is 49.9 Å². The lowest BCUT2D eigenvalue weighted by atomic mass is 9.91. The van der Waals surface area contributed by atoms with Crippen LogP contribution in [0.25, 0.3) is 0 Å². The van der Waals surface area contributed by atoms with Gasteiger partial charge in [-0.2, -0.15) is 0 Å². The summed E-state index contributed by atoms with van der Waals surface area (Å²) in [5.41, 5.74) is 3.35. The van der Waals surface area contributed by atoms with Crippen LogP contribution in [0.2, 0.25) is 0 Å². The Bertz CT molecular complexity index is 3780. The number of benzene rings is 4. The SMILES string of the molecule is C=CCOC(=O)N1c2cc(OCc3cc(COc4cc5c(cc4OC)C(=O)N4CC(=C)C[C@H]4C(O)N5C(=O)OCc4ccc(O[C@@H]5O[C@H](C)[C@@H](C)[C@H](OC(C)=O)[C@H]5OC(C)=O)c(C(=O)CCCOC)c4)cc(OCCOCCOCCOCC(=O)OC)c3)c(C)cc2C(=O)N2CC(=C)C[C@H]2C1O. The number of anilines is 2. The zero-order valence-corrected chi connectivity index (χ0v) is 58.5. The van der Waals surface area contributed by atoms with Crippen molar-refractivity contribution in [1.29, 1.82) is 0 Å². The predicted molar refractivity (Wildman–Crippen MR) is 362 cm³/mol. The molecule has 4 amide bonds. The Hall–Kier alpha value is -9.62. The number of ketones is 1. The zero-order chi connectivity index (χ0) is 73.5. The maximum absolute atomic E-state index is 14.9. The highest BCUT2D eigenvalue weighted by Crippen LogP contribution is 2.44. The Labute approximate surface area is 590 Å². The smallest absolute Gasteiger partial charge is 0.416 e. The number of methoxy groups -OCH3 is 3. The van der Waals surface area contributed by atoms with Crippen LogP contribution in [0.3, 0.4) is 0 Å². The van der Waals surface area contributed by atoms with Crippen molar-refractivity contribution in [2.24, 2.45) is 5.92 Å². The molecule has 0 bridgehead atoms. The van der Waals surface area contributed by atoms with E-state index in [9.17, 15) is 48.6 Å². The number of hydrogen-bond acceptors (Lipinski definition) is 25. The molecular formula is C73H88N4O25. The van der Waals surface area contributed by atoms with Crippen molar-refractivity contribution in [1.82, 2.24) is 9.80 Å². The lowest BCUT2D eigenvalue weighted by molar-refractivity contribution is -0.263. The molecule has 0 spiro atoms. The van der Waals surface area contributed by atoms with Crippen molar-refractivity contribution in [3.63, 3.8) is 0 Å². The monoisotopic (exact) mass is 1420 g/mol. The van der Waals surface area contributed by atoms with E-state index in [4.69, 9.17) is 66.3 Å². The average molecular weight is 1420 g/mol. The highest BCUT2D eigenvalue weighted by molar-refractivity contribution is 6.07. The number of aliphatic hydroxyl groups is 2. The van der Waals surface area contributed by atoms with Gasteiger partial charge in [0.25, 0.3) is 11.8 Å². The van der Waals surface area contributed by atoms with E-state index in [1.54, 1.807) is 45.0 Å². The number of esters is 3. The molecule has 2 N–H and O–H groups in total. The molecule has 9 atom stereocenters. The molecule has 0 saturated carbocycles. The fraction of sp³-hybridized carbons (Fsp3) is 0.479. The molecule has 4 aromatic carbocycles. The van der Waals surface area contributed by atoms with E-state index >= 15 is 0 Å². The lowest BCUT2D eigenvalue weighted by Gasteiger charge is -2.43. The minimum Gasteiger partial charge on any atom is -0.493 e. The van der Waals surface area contributed by atoms with Crippen LogP contribution < -0.4 is 33.5 Å². The standard InChI is InChI=1S/C73H88N4O25/c1-12-17-95-72(86)76-55-33-61(43(4)27-52(55)67(82)74-35-41(2)25-57(74)69(76)84)96-38-49-28-50(30-51(29-49)94-24-23-92-20-19-91-21-22-93-40-64(81)90-11)39-97-63-34-56-53(32-62(63)89-10)68(83)75-36-42(3)26-58(75)70(85)77(56)73(87)98-37-48-15-16-60(54(31-48)59(80)14-13-18-88-9)102-71-66(101-47(8)79)65(100-46(7)78)44(5)45(6)99-71/h12,15-16,27-34,44-45,57-58,65-66,69-71,84-85H,1-3,13-14,17-26,35-40H2,4-11H3/t44-,45-,57+,58+,65+,66-,69?,70?,71+/m1/s1. The summed E-state index contributed by atoms with van der Waals surface area (Å²) in [5, 5.41) is 24.2. The molecule has 102 heavy (non-hydrogen) atoms. The number of carbonyl (C=O) groups is 8. The molecule has 550 valence electrons. The summed E-state index contributed by atoms with van der Waals surface area (Å²) in [7, 11) is 4.14. The molecule has 4 aromatic rings. The molecule has 5 aliphatic heterocycles. The van der Waals surface area contributed by atoms with Crippen LogP contribution in [-0.2, 0) is 81.6 Å².